The number of piperazine rings is 1. The first kappa shape index (κ1) is 25.9. The molecule has 8 heteroatoms. The summed E-state index contributed by atoms with van der Waals surface area (Å²) in [6.07, 6.45) is 1.70. The van der Waals surface area contributed by atoms with Gasteiger partial charge in [0.15, 0.2) is 0 Å². The summed E-state index contributed by atoms with van der Waals surface area (Å²) in [4.78, 5) is 29.3. The van der Waals surface area contributed by atoms with Crippen LogP contribution in [0.25, 0.3) is 0 Å². The van der Waals surface area contributed by atoms with Crippen LogP contribution in [0.5, 0.6) is 0 Å². The maximum absolute atomic E-state index is 14.7. The molecule has 1 atom stereocenters. The second-order valence-electron chi connectivity index (χ2n) is 10.0. The fraction of sp³-hybridized carbons (Fsp3) is 0.464. The predicted molar refractivity (Wildman–Crippen MR) is 135 cm³/mol. The maximum Gasteiger partial charge on any atom is 0.240 e. The Morgan fingerprint density at radius 3 is 2.36 bits per heavy atom. The summed E-state index contributed by atoms with van der Waals surface area (Å²) < 4.78 is 28.6. The predicted octanol–water partition coefficient (Wildman–Crippen LogP) is 4.40. The molecule has 0 radical (unpaired) electrons. The number of amides is 2. The van der Waals surface area contributed by atoms with Gasteiger partial charge in [0.1, 0.15) is 11.6 Å². The van der Waals surface area contributed by atoms with E-state index in [0.717, 1.165) is 49.8 Å². The van der Waals surface area contributed by atoms with Crippen molar-refractivity contribution in [2.45, 2.75) is 45.6 Å². The van der Waals surface area contributed by atoms with Crippen LogP contribution >= 0.6 is 0 Å². The van der Waals surface area contributed by atoms with E-state index in [0.29, 0.717) is 31.6 Å². The summed E-state index contributed by atoms with van der Waals surface area (Å²) in [6, 6.07) is 13.0. The maximum atomic E-state index is 14.7. The third-order valence-electron chi connectivity index (χ3n) is 7.18. The van der Waals surface area contributed by atoms with Crippen molar-refractivity contribution in [1.82, 2.24) is 14.8 Å². The van der Waals surface area contributed by atoms with Crippen molar-refractivity contribution in [3.05, 3.63) is 71.3 Å². The van der Waals surface area contributed by atoms with E-state index in [1.807, 2.05) is 49.1 Å². The van der Waals surface area contributed by atoms with E-state index < -0.39 is 17.2 Å². The van der Waals surface area contributed by atoms with Gasteiger partial charge in [-0.1, -0.05) is 44.2 Å². The fourth-order valence-corrected chi connectivity index (χ4v) is 5.31. The molecule has 6 nitrogen and oxygen atoms in total. The minimum absolute atomic E-state index is 0.000617. The van der Waals surface area contributed by atoms with E-state index in [9.17, 15) is 18.4 Å². The van der Waals surface area contributed by atoms with Crippen LogP contribution in [0.15, 0.2) is 53.6 Å². The lowest BCUT2D eigenvalue weighted by Crippen LogP contribution is -2.50. The van der Waals surface area contributed by atoms with Gasteiger partial charge >= 0.3 is 0 Å². The number of rotatable bonds is 7. The zero-order valence-electron chi connectivity index (χ0n) is 21.2. The lowest BCUT2D eigenvalue weighted by Gasteiger charge is -2.38. The highest BCUT2D eigenvalue weighted by atomic mass is 19.1. The topological polar surface area (TPSA) is 56.2 Å². The summed E-state index contributed by atoms with van der Waals surface area (Å²) in [6.45, 7) is 9.16. The number of carbonyl (C=O) groups excluding carboxylic acids is 2. The summed E-state index contributed by atoms with van der Waals surface area (Å²) >= 11 is 0. The van der Waals surface area contributed by atoms with Crippen LogP contribution in [0.3, 0.4) is 0 Å². The van der Waals surface area contributed by atoms with Crippen LogP contribution < -0.4 is 0 Å². The summed E-state index contributed by atoms with van der Waals surface area (Å²) in [5.41, 5.74) is 0.594. The molecule has 2 aliphatic rings. The van der Waals surface area contributed by atoms with Gasteiger partial charge in [-0.05, 0) is 43.1 Å². The average Bonchev–Trinajstić information content (AvgIpc) is 3.27. The molecule has 2 aromatic rings. The van der Waals surface area contributed by atoms with Gasteiger partial charge in [0.2, 0.25) is 11.8 Å². The molecule has 0 bridgehead atoms. The molecule has 0 spiro atoms. The lowest BCUT2D eigenvalue weighted by atomic mass is 9.80. The van der Waals surface area contributed by atoms with Crippen LogP contribution in [0.2, 0.25) is 0 Å². The van der Waals surface area contributed by atoms with Crippen LogP contribution in [-0.2, 0) is 15.1 Å². The summed E-state index contributed by atoms with van der Waals surface area (Å²) in [5.74, 6) is -1.16. The Morgan fingerprint density at radius 1 is 1.03 bits per heavy atom. The molecule has 2 aromatic carbocycles. The average molecular weight is 497 g/mol. The second-order valence-corrected chi connectivity index (χ2v) is 10.0. The molecule has 2 amide bonds. The Morgan fingerprint density at radius 2 is 1.72 bits per heavy atom. The molecule has 192 valence electrons. The zero-order chi connectivity index (χ0) is 25.9. The van der Waals surface area contributed by atoms with E-state index >= 15 is 0 Å². The zero-order valence-corrected chi connectivity index (χ0v) is 21.2. The highest BCUT2D eigenvalue weighted by molar-refractivity contribution is 6.04. The van der Waals surface area contributed by atoms with Crippen molar-refractivity contribution in [3.63, 3.8) is 0 Å². The first-order valence-corrected chi connectivity index (χ1v) is 12.6. The normalized spacial score (nSPS) is 20.7. The molecular weight excluding hydrogens is 462 g/mol. The molecule has 0 saturated carbocycles. The molecule has 4 rings (SSSR count). The molecular formula is C28H34F2N4O2. The Kier molecular flexibility index (Phi) is 7.83. The van der Waals surface area contributed by atoms with E-state index in [1.54, 1.807) is 0 Å². The van der Waals surface area contributed by atoms with Gasteiger partial charge < -0.3 is 4.90 Å². The first-order chi connectivity index (χ1) is 17.2. The highest BCUT2D eigenvalue weighted by Gasteiger charge is 2.46. The number of halogens is 2. The monoisotopic (exact) mass is 496 g/mol. The van der Waals surface area contributed by atoms with Crippen LogP contribution in [0.4, 0.5) is 8.78 Å². The SMILES string of the molecule is CC(=O)N1N=C(c2cc(F)ccc2F)C[C@]1(CCCN1CCN(C(=O)C(C)C)CC1)c1ccccc1. The van der Waals surface area contributed by atoms with Crippen LogP contribution in [0, 0.1) is 17.6 Å². The van der Waals surface area contributed by atoms with Crippen molar-refractivity contribution < 1.29 is 18.4 Å². The van der Waals surface area contributed by atoms with Crippen molar-refractivity contribution in [2.75, 3.05) is 32.7 Å². The molecule has 0 aliphatic carbocycles. The van der Waals surface area contributed by atoms with E-state index in [2.05, 4.69) is 10.0 Å². The van der Waals surface area contributed by atoms with Crippen LogP contribution in [0.1, 0.15) is 51.2 Å². The number of hydrogen-bond donors (Lipinski definition) is 0. The number of nitrogens with zero attached hydrogens (tertiary/aromatic N) is 4. The first-order valence-electron chi connectivity index (χ1n) is 12.6. The minimum Gasteiger partial charge on any atom is -0.340 e. The Balaban J connectivity index is 1.53. The molecule has 0 unspecified atom stereocenters. The number of benzene rings is 2. The van der Waals surface area contributed by atoms with Crippen molar-refractivity contribution >= 4 is 17.5 Å². The summed E-state index contributed by atoms with van der Waals surface area (Å²) in [7, 11) is 0. The highest BCUT2D eigenvalue weighted by Crippen LogP contribution is 2.43. The summed E-state index contributed by atoms with van der Waals surface area (Å²) in [5, 5.41) is 6.00. The van der Waals surface area contributed by atoms with Gasteiger partial charge in [-0.25, -0.2) is 13.8 Å². The second kappa shape index (κ2) is 10.9. The Hall–Kier alpha value is -3.13. The molecule has 36 heavy (non-hydrogen) atoms. The number of hydrazone groups is 1. The molecule has 0 aromatic heterocycles. The van der Waals surface area contributed by atoms with E-state index in [1.165, 1.54) is 11.9 Å². The number of hydrogen-bond acceptors (Lipinski definition) is 4. The van der Waals surface area contributed by atoms with Crippen LogP contribution in [-0.4, -0.2) is 65.1 Å². The molecule has 2 aliphatic heterocycles. The van der Waals surface area contributed by atoms with E-state index in [-0.39, 0.29) is 23.3 Å². The van der Waals surface area contributed by atoms with Gasteiger partial charge in [0.05, 0.1) is 11.3 Å². The fourth-order valence-electron chi connectivity index (χ4n) is 5.31. The Labute approximate surface area is 211 Å². The molecule has 2 heterocycles. The van der Waals surface area contributed by atoms with E-state index in [4.69, 9.17) is 0 Å². The van der Waals surface area contributed by atoms with Gasteiger partial charge in [-0.15, -0.1) is 0 Å². The molecule has 1 fully saturated rings. The largest absolute Gasteiger partial charge is 0.340 e. The number of carbonyl (C=O) groups is 2. The standard InChI is InChI=1S/C28H34F2N4O2/c1-20(2)27(36)33-16-14-32(15-17-33)13-7-12-28(22-8-5-4-6-9-22)19-26(31-34(28)21(3)35)24-18-23(29)10-11-25(24)30/h4-6,8-11,18,20H,7,12-17,19H2,1-3H3/t28-/m1/s1. The third-order valence-corrected chi connectivity index (χ3v) is 7.18. The third kappa shape index (κ3) is 5.33. The molecule has 1 saturated heterocycles. The van der Waals surface area contributed by atoms with Gasteiger partial charge in [0.25, 0.3) is 0 Å². The Bertz CT molecular complexity index is 1130. The van der Waals surface area contributed by atoms with Crippen molar-refractivity contribution in [1.29, 1.82) is 0 Å². The van der Waals surface area contributed by atoms with Crippen molar-refractivity contribution in [3.8, 4) is 0 Å². The van der Waals surface area contributed by atoms with Gasteiger partial charge in [-0.3, -0.25) is 14.5 Å². The molecule has 0 N–H and O–H groups in total. The van der Waals surface area contributed by atoms with Gasteiger partial charge in [-0.2, -0.15) is 5.10 Å². The quantitative estimate of drug-likeness (QED) is 0.571. The lowest BCUT2D eigenvalue weighted by molar-refractivity contribution is -0.136. The smallest absolute Gasteiger partial charge is 0.240 e. The van der Waals surface area contributed by atoms with Crippen molar-refractivity contribution in [2.24, 2.45) is 11.0 Å². The minimum atomic E-state index is -0.781. The van der Waals surface area contributed by atoms with Gasteiger partial charge in [0, 0.05) is 51.0 Å².